The summed E-state index contributed by atoms with van der Waals surface area (Å²) in [4.78, 5) is 11.8. The first-order valence-electron chi connectivity index (χ1n) is 2.58. The molecule has 0 aromatic rings. The molecule has 0 aliphatic carbocycles. The number of carbonyl (C=O) groups is 1. The van der Waals surface area contributed by atoms with Gasteiger partial charge in [0.25, 0.3) is 0 Å². The highest BCUT2D eigenvalue weighted by molar-refractivity contribution is 7.98. The summed E-state index contributed by atoms with van der Waals surface area (Å²) in [5, 5.41) is -0.385. The van der Waals surface area contributed by atoms with Crippen LogP contribution in [0.15, 0.2) is 0 Å². The van der Waals surface area contributed by atoms with E-state index in [9.17, 15) is 4.79 Å². The Kier molecular flexibility index (Phi) is 5.00. The number of hydrogen-bond acceptors (Lipinski definition) is 2. The molecule has 0 rings (SSSR count). The number of halogens is 1. The molecule has 0 aliphatic heterocycles. The first-order chi connectivity index (χ1) is 4.18. The van der Waals surface area contributed by atoms with Gasteiger partial charge in [-0.2, -0.15) is 11.8 Å². The monoisotopic (exact) mass is 167 g/mol. The van der Waals surface area contributed by atoms with Crippen molar-refractivity contribution >= 4 is 28.7 Å². The van der Waals surface area contributed by atoms with E-state index in [0.717, 1.165) is 12.3 Å². The molecule has 0 heterocycles. The quantitative estimate of drug-likeness (QED) is 0.471. The Bertz CT molecular complexity index is 99.0. The summed E-state index contributed by atoms with van der Waals surface area (Å²) < 4.78 is 0. The molecule has 0 saturated carbocycles. The molecule has 0 atom stereocenters. The summed E-state index contributed by atoms with van der Waals surface area (Å²) in [5.74, 6) is 0.939. The van der Waals surface area contributed by atoms with E-state index in [1.165, 1.54) is 4.90 Å². The molecule has 0 bridgehead atoms. The van der Waals surface area contributed by atoms with Crippen molar-refractivity contribution in [1.29, 1.82) is 0 Å². The lowest BCUT2D eigenvalue weighted by Gasteiger charge is -2.10. The Labute approximate surface area is 64.5 Å². The average Bonchev–Trinajstić information content (AvgIpc) is 1.82. The van der Waals surface area contributed by atoms with Gasteiger partial charge in [0.05, 0.1) is 0 Å². The van der Waals surface area contributed by atoms with E-state index >= 15 is 0 Å². The maximum absolute atomic E-state index is 10.3. The molecule has 0 saturated heterocycles. The van der Waals surface area contributed by atoms with Crippen LogP contribution in [0.5, 0.6) is 0 Å². The third-order valence-corrected chi connectivity index (χ3v) is 1.81. The maximum Gasteiger partial charge on any atom is 0.316 e. The zero-order valence-corrected chi connectivity index (χ0v) is 7.13. The van der Waals surface area contributed by atoms with Gasteiger partial charge in [0.15, 0.2) is 0 Å². The lowest BCUT2D eigenvalue weighted by Crippen LogP contribution is -2.23. The molecule has 4 heteroatoms. The first-order valence-corrected chi connectivity index (χ1v) is 4.35. The molecule has 0 spiro atoms. The van der Waals surface area contributed by atoms with Crippen LogP contribution in [-0.2, 0) is 0 Å². The van der Waals surface area contributed by atoms with Crippen LogP contribution in [0.1, 0.15) is 0 Å². The standard InChI is InChI=1S/C5H10ClNOS/c1-7(5(6)8)3-4-9-2/h3-4H2,1-2H3. The normalized spacial score (nSPS) is 9.22. The van der Waals surface area contributed by atoms with Gasteiger partial charge in [0.2, 0.25) is 0 Å². The molecule has 2 nitrogen and oxygen atoms in total. The highest BCUT2D eigenvalue weighted by Crippen LogP contribution is 1.96. The highest BCUT2D eigenvalue weighted by Gasteiger charge is 2.01. The molecular weight excluding hydrogens is 158 g/mol. The van der Waals surface area contributed by atoms with E-state index in [4.69, 9.17) is 11.6 Å². The summed E-state index contributed by atoms with van der Waals surface area (Å²) in [6, 6.07) is 0. The predicted molar refractivity (Wildman–Crippen MR) is 42.3 cm³/mol. The first kappa shape index (κ1) is 9.11. The fourth-order valence-electron chi connectivity index (χ4n) is 0.316. The second-order valence-corrected chi connectivity index (χ2v) is 2.98. The number of nitrogens with zero attached hydrogens (tertiary/aromatic N) is 1. The van der Waals surface area contributed by atoms with Crippen LogP contribution in [0, 0.1) is 0 Å². The van der Waals surface area contributed by atoms with Gasteiger partial charge in [-0.25, -0.2) is 0 Å². The van der Waals surface area contributed by atoms with E-state index < -0.39 is 0 Å². The lowest BCUT2D eigenvalue weighted by molar-refractivity contribution is 0.234. The van der Waals surface area contributed by atoms with Crippen molar-refractivity contribution in [3.63, 3.8) is 0 Å². The molecular formula is C5H10ClNOS. The topological polar surface area (TPSA) is 20.3 Å². The average molecular weight is 168 g/mol. The van der Waals surface area contributed by atoms with E-state index in [1.54, 1.807) is 18.8 Å². The van der Waals surface area contributed by atoms with Crippen molar-refractivity contribution in [3.05, 3.63) is 0 Å². The van der Waals surface area contributed by atoms with Crippen molar-refractivity contribution in [2.24, 2.45) is 0 Å². The van der Waals surface area contributed by atoms with Gasteiger partial charge in [-0.3, -0.25) is 4.79 Å². The SMILES string of the molecule is CSCCN(C)C(=O)Cl. The molecule has 0 N–H and O–H groups in total. The minimum atomic E-state index is -0.385. The number of rotatable bonds is 3. The summed E-state index contributed by atoms with van der Waals surface area (Å²) in [7, 11) is 1.69. The third-order valence-electron chi connectivity index (χ3n) is 0.931. The van der Waals surface area contributed by atoms with Gasteiger partial charge in [-0.15, -0.1) is 0 Å². The largest absolute Gasteiger partial charge is 0.331 e. The van der Waals surface area contributed by atoms with Gasteiger partial charge >= 0.3 is 5.37 Å². The van der Waals surface area contributed by atoms with E-state index in [-0.39, 0.29) is 5.37 Å². The van der Waals surface area contributed by atoms with Gasteiger partial charge in [-0.1, -0.05) is 0 Å². The Morgan fingerprint density at radius 1 is 1.78 bits per heavy atom. The number of carbonyl (C=O) groups excluding carboxylic acids is 1. The number of thioether (sulfide) groups is 1. The van der Waals surface area contributed by atoms with E-state index in [1.807, 2.05) is 6.26 Å². The van der Waals surface area contributed by atoms with Crippen LogP contribution >= 0.6 is 23.4 Å². The lowest BCUT2D eigenvalue weighted by atomic mass is 10.7. The molecule has 1 amide bonds. The van der Waals surface area contributed by atoms with Gasteiger partial charge in [0, 0.05) is 19.3 Å². The van der Waals surface area contributed by atoms with Gasteiger partial charge in [0.1, 0.15) is 0 Å². The van der Waals surface area contributed by atoms with Crippen molar-refractivity contribution in [1.82, 2.24) is 4.90 Å². The summed E-state index contributed by atoms with van der Waals surface area (Å²) in [5.41, 5.74) is 0. The highest BCUT2D eigenvalue weighted by atomic mass is 35.5. The molecule has 0 fully saturated rings. The van der Waals surface area contributed by atoms with Gasteiger partial charge < -0.3 is 4.90 Å². The van der Waals surface area contributed by atoms with Crippen molar-refractivity contribution in [3.8, 4) is 0 Å². The van der Waals surface area contributed by atoms with Crippen LogP contribution in [-0.4, -0.2) is 35.9 Å². The maximum atomic E-state index is 10.3. The second-order valence-electron chi connectivity index (χ2n) is 1.67. The van der Waals surface area contributed by atoms with Gasteiger partial charge in [-0.05, 0) is 17.9 Å². The van der Waals surface area contributed by atoms with Crippen LogP contribution in [0.3, 0.4) is 0 Å². The Morgan fingerprint density at radius 2 is 2.33 bits per heavy atom. The summed E-state index contributed by atoms with van der Waals surface area (Å²) in [6.07, 6.45) is 1.99. The number of hydrogen-bond donors (Lipinski definition) is 0. The van der Waals surface area contributed by atoms with Crippen LogP contribution in [0.4, 0.5) is 4.79 Å². The molecule has 0 aromatic carbocycles. The van der Waals surface area contributed by atoms with Crippen LogP contribution < -0.4 is 0 Å². The van der Waals surface area contributed by atoms with Crippen molar-refractivity contribution in [2.45, 2.75) is 0 Å². The summed E-state index contributed by atoms with van der Waals surface area (Å²) >= 11 is 6.84. The van der Waals surface area contributed by atoms with Crippen LogP contribution in [0.2, 0.25) is 0 Å². The second kappa shape index (κ2) is 4.94. The molecule has 0 aromatic heterocycles. The van der Waals surface area contributed by atoms with Crippen molar-refractivity contribution < 1.29 is 4.79 Å². The predicted octanol–water partition coefficient (Wildman–Crippen LogP) is 1.64. The molecule has 9 heavy (non-hydrogen) atoms. The minimum absolute atomic E-state index is 0.385. The molecule has 54 valence electrons. The Balaban J connectivity index is 3.27. The van der Waals surface area contributed by atoms with E-state index in [0.29, 0.717) is 0 Å². The Hall–Kier alpha value is 0.110. The molecule has 0 unspecified atom stereocenters. The zero-order valence-electron chi connectivity index (χ0n) is 5.56. The fourth-order valence-corrected chi connectivity index (χ4v) is 0.857. The van der Waals surface area contributed by atoms with Crippen LogP contribution in [0.25, 0.3) is 0 Å². The number of amides is 1. The smallest absolute Gasteiger partial charge is 0.316 e. The third kappa shape index (κ3) is 4.60. The summed E-state index contributed by atoms with van der Waals surface area (Å²) in [6.45, 7) is 0.726. The van der Waals surface area contributed by atoms with Crippen molar-refractivity contribution in [2.75, 3.05) is 25.6 Å². The fraction of sp³-hybridized carbons (Fsp3) is 0.800. The molecule has 0 aliphatic rings. The zero-order chi connectivity index (χ0) is 7.28. The minimum Gasteiger partial charge on any atom is -0.331 e. The van der Waals surface area contributed by atoms with E-state index in [2.05, 4.69) is 0 Å². The molecule has 0 radical (unpaired) electrons. The Morgan fingerprint density at radius 3 is 2.67 bits per heavy atom.